The molecule has 8 heteroatoms. The maximum absolute atomic E-state index is 11.8. The van der Waals surface area contributed by atoms with E-state index < -0.39 is 28.0 Å². The number of hydrogen-bond donors (Lipinski definition) is 3. The Morgan fingerprint density at radius 3 is 2.06 bits per heavy atom. The molecule has 0 aromatic rings. The number of rotatable bonds is 8. The molecule has 3 atom stereocenters. The summed E-state index contributed by atoms with van der Waals surface area (Å²) >= 11 is 3.17. The van der Waals surface area contributed by atoms with E-state index in [9.17, 15) is 9.00 Å². The number of thioether (sulfide) groups is 2. The van der Waals surface area contributed by atoms with Gasteiger partial charge in [0, 0.05) is 0 Å². The van der Waals surface area contributed by atoms with Crippen LogP contribution in [0, 0.1) is 5.41 Å². The van der Waals surface area contributed by atoms with Crippen molar-refractivity contribution >= 4 is 44.5 Å². The van der Waals surface area contributed by atoms with Crippen LogP contribution in [0.2, 0.25) is 0 Å². The largest absolute Gasteiger partial charge is 0.322 e. The van der Waals surface area contributed by atoms with E-state index in [-0.39, 0.29) is 5.04 Å². The van der Waals surface area contributed by atoms with E-state index in [1.54, 1.807) is 23.5 Å². The van der Waals surface area contributed by atoms with Crippen LogP contribution in [0.5, 0.6) is 0 Å². The topological polar surface area (TPSA) is 110 Å². The third-order valence-corrected chi connectivity index (χ3v) is 4.95. The Labute approximate surface area is 119 Å². The summed E-state index contributed by atoms with van der Waals surface area (Å²) < 4.78 is 11.8. The van der Waals surface area contributed by atoms with E-state index in [0.29, 0.717) is 12.8 Å². The Hall–Kier alpha value is 0.110. The van der Waals surface area contributed by atoms with Crippen LogP contribution in [0.1, 0.15) is 12.8 Å². The first-order chi connectivity index (χ1) is 8.45. The molecule has 0 spiro atoms. The fourth-order valence-corrected chi connectivity index (χ4v) is 3.10. The van der Waals surface area contributed by atoms with Crippen LogP contribution in [0.4, 0.5) is 0 Å². The first-order valence-corrected chi connectivity index (χ1v) is 9.42. The Kier molecular flexibility index (Phi) is 10.0. The predicted octanol–water partition coefficient (Wildman–Crippen LogP) is 0.400. The molecular formula is C10H21N3O2S3. The Balaban J connectivity index is 4.35. The van der Waals surface area contributed by atoms with E-state index in [1.807, 2.05) is 12.5 Å². The van der Waals surface area contributed by atoms with Crippen molar-refractivity contribution < 1.29 is 9.00 Å². The highest BCUT2D eigenvalue weighted by Crippen LogP contribution is 2.06. The van der Waals surface area contributed by atoms with E-state index in [2.05, 4.69) is 0 Å². The summed E-state index contributed by atoms with van der Waals surface area (Å²) in [5.41, 5.74) is 11.4. The zero-order valence-electron chi connectivity index (χ0n) is 10.7. The second-order valence-electron chi connectivity index (χ2n) is 3.73. The van der Waals surface area contributed by atoms with Crippen LogP contribution in [0.3, 0.4) is 0 Å². The smallest absolute Gasteiger partial charge is 0.241 e. The molecule has 1 unspecified atom stereocenters. The Morgan fingerprint density at radius 2 is 1.61 bits per heavy atom. The molecule has 0 fully saturated rings. The lowest BCUT2D eigenvalue weighted by molar-refractivity contribution is -0.112. The van der Waals surface area contributed by atoms with Gasteiger partial charge in [0.15, 0.2) is 0 Å². The van der Waals surface area contributed by atoms with Crippen LogP contribution >= 0.6 is 23.5 Å². The van der Waals surface area contributed by atoms with Crippen molar-refractivity contribution in [3.8, 4) is 0 Å². The molecule has 0 heterocycles. The minimum atomic E-state index is -2.00. The van der Waals surface area contributed by atoms with Crippen molar-refractivity contribution in [2.24, 2.45) is 11.5 Å². The molecule has 0 aromatic carbocycles. The molecular weight excluding hydrogens is 290 g/mol. The number of nitrogens with two attached hydrogens (primary N) is 2. The lowest BCUT2D eigenvalue weighted by Gasteiger charge is -2.14. The van der Waals surface area contributed by atoms with Gasteiger partial charge in [-0.1, -0.05) is 0 Å². The number of carbonyl (C=O) groups is 1. The summed E-state index contributed by atoms with van der Waals surface area (Å²) in [6.07, 6.45) is 4.85. The summed E-state index contributed by atoms with van der Waals surface area (Å²) in [5, 5.41) is 6.86. The molecule has 18 heavy (non-hydrogen) atoms. The van der Waals surface area contributed by atoms with Crippen LogP contribution < -0.4 is 11.5 Å². The molecule has 0 aliphatic rings. The Morgan fingerprint density at radius 1 is 1.17 bits per heavy atom. The molecule has 0 saturated carbocycles. The van der Waals surface area contributed by atoms with Crippen molar-refractivity contribution in [3.05, 3.63) is 0 Å². The third-order valence-electron chi connectivity index (χ3n) is 2.29. The van der Waals surface area contributed by atoms with Crippen molar-refractivity contribution in [1.82, 2.24) is 0 Å². The van der Waals surface area contributed by atoms with Crippen molar-refractivity contribution in [3.63, 3.8) is 0 Å². The minimum absolute atomic E-state index is 0.214. The molecule has 5 nitrogen and oxygen atoms in total. The second kappa shape index (κ2) is 9.96. The van der Waals surface area contributed by atoms with Crippen molar-refractivity contribution in [2.45, 2.75) is 24.9 Å². The van der Waals surface area contributed by atoms with Gasteiger partial charge in [-0.2, -0.15) is 23.5 Å². The van der Waals surface area contributed by atoms with Crippen molar-refractivity contribution in [1.29, 1.82) is 5.41 Å². The molecule has 0 aromatic heterocycles. The summed E-state index contributed by atoms with van der Waals surface area (Å²) in [5.74, 6) is 1.50. The fraction of sp³-hybridized carbons (Fsp3) is 0.800. The Bertz CT molecular complexity index is 285. The maximum Gasteiger partial charge on any atom is 0.241 e. The van der Waals surface area contributed by atoms with Crippen LogP contribution in [0.25, 0.3) is 0 Å². The SMILES string of the molecule is CSCC[C@H](N)C(=N)S(=O)C(=O)[C@@H](N)CCSC. The van der Waals surface area contributed by atoms with E-state index in [4.69, 9.17) is 16.9 Å². The van der Waals surface area contributed by atoms with E-state index in [1.165, 1.54) is 0 Å². The highest BCUT2D eigenvalue weighted by molar-refractivity contribution is 8.13. The van der Waals surface area contributed by atoms with Gasteiger partial charge in [0.1, 0.15) is 15.8 Å². The van der Waals surface area contributed by atoms with E-state index >= 15 is 0 Å². The van der Waals surface area contributed by atoms with E-state index in [0.717, 1.165) is 11.5 Å². The van der Waals surface area contributed by atoms with Crippen LogP contribution in [0.15, 0.2) is 0 Å². The van der Waals surface area contributed by atoms with Crippen LogP contribution in [-0.2, 0) is 15.6 Å². The van der Waals surface area contributed by atoms with Gasteiger partial charge in [0.25, 0.3) is 0 Å². The summed E-state index contributed by atoms with van der Waals surface area (Å²) in [6, 6.07) is -1.40. The number of hydrogen-bond acceptors (Lipinski definition) is 7. The number of carbonyl (C=O) groups excluding carboxylic acids is 1. The van der Waals surface area contributed by atoms with Gasteiger partial charge in [-0.3, -0.25) is 10.2 Å². The summed E-state index contributed by atoms with van der Waals surface area (Å²) in [4.78, 5) is 11.7. The summed E-state index contributed by atoms with van der Waals surface area (Å²) in [7, 11) is -2.00. The molecule has 0 aliphatic carbocycles. The molecule has 0 amide bonds. The predicted molar refractivity (Wildman–Crippen MR) is 82.8 cm³/mol. The molecule has 0 bridgehead atoms. The fourth-order valence-electron chi connectivity index (χ4n) is 1.12. The van der Waals surface area contributed by atoms with Gasteiger partial charge < -0.3 is 11.5 Å². The normalized spacial score (nSPS) is 16.0. The molecule has 0 aliphatic heterocycles. The highest BCUT2D eigenvalue weighted by Gasteiger charge is 2.26. The van der Waals surface area contributed by atoms with Gasteiger partial charge in [-0.15, -0.1) is 0 Å². The number of nitrogens with one attached hydrogen (secondary N) is 1. The average Bonchev–Trinajstić information content (AvgIpc) is 2.39. The molecule has 0 radical (unpaired) electrons. The van der Waals surface area contributed by atoms with Crippen molar-refractivity contribution in [2.75, 3.05) is 24.0 Å². The monoisotopic (exact) mass is 311 g/mol. The average molecular weight is 311 g/mol. The zero-order chi connectivity index (χ0) is 14.1. The molecule has 106 valence electrons. The standard InChI is InChI=1S/C10H21N3O2S3/c1-16-5-3-7(11)9(13)18(15)10(14)8(12)4-6-17-2/h7-8,13H,3-6,11-12H2,1-2H3/t7-,8-,18?/m0/s1. The first-order valence-electron chi connectivity index (χ1n) is 5.48. The maximum atomic E-state index is 11.8. The molecule has 0 rings (SSSR count). The van der Waals surface area contributed by atoms with Gasteiger partial charge in [-0.05, 0) is 36.9 Å². The highest BCUT2D eigenvalue weighted by atomic mass is 32.2. The van der Waals surface area contributed by atoms with Gasteiger partial charge in [-0.25, -0.2) is 4.21 Å². The van der Waals surface area contributed by atoms with Gasteiger partial charge in [0.2, 0.25) is 5.12 Å². The lowest BCUT2D eigenvalue weighted by Crippen LogP contribution is -2.41. The minimum Gasteiger partial charge on any atom is -0.322 e. The zero-order valence-corrected chi connectivity index (χ0v) is 13.1. The summed E-state index contributed by atoms with van der Waals surface area (Å²) in [6.45, 7) is 0. The molecule has 0 saturated heterocycles. The first kappa shape index (κ1) is 18.1. The second-order valence-corrected chi connectivity index (χ2v) is 7.08. The molecule has 5 N–H and O–H groups in total. The van der Waals surface area contributed by atoms with Gasteiger partial charge in [0.05, 0.1) is 12.1 Å². The lowest BCUT2D eigenvalue weighted by atomic mass is 10.3. The van der Waals surface area contributed by atoms with Gasteiger partial charge >= 0.3 is 0 Å². The quantitative estimate of drug-likeness (QED) is 0.442. The van der Waals surface area contributed by atoms with Crippen LogP contribution in [-0.4, -0.2) is 50.5 Å². The third kappa shape index (κ3) is 6.33.